The Morgan fingerprint density at radius 2 is 1.91 bits per heavy atom. The predicted molar refractivity (Wildman–Crippen MR) is 90.7 cm³/mol. The van der Waals surface area contributed by atoms with Gasteiger partial charge in [0, 0.05) is 11.3 Å². The molecule has 0 saturated carbocycles. The zero-order valence-electron chi connectivity index (χ0n) is 13.4. The number of hydrogen-bond donors (Lipinski definition) is 1. The Bertz CT molecular complexity index is 637. The van der Waals surface area contributed by atoms with Crippen molar-refractivity contribution in [3.8, 4) is 5.75 Å². The molecule has 2 aromatic carbocycles. The molecule has 0 spiro atoms. The van der Waals surface area contributed by atoms with Crippen LogP contribution in [0, 0.1) is 0 Å². The topological polar surface area (TPSA) is 38.3 Å². The van der Waals surface area contributed by atoms with Crippen molar-refractivity contribution >= 4 is 11.6 Å². The van der Waals surface area contributed by atoms with Crippen LogP contribution in [-0.2, 0) is 0 Å². The highest BCUT2D eigenvalue weighted by Crippen LogP contribution is 2.27. The van der Waals surface area contributed by atoms with E-state index >= 15 is 0 Å². The number of amides is 1. The number of para-hydroxylation sites is 1. The lowest BCUT2D eigenvalue weighted by atomic mass is 9.97. The van der Waals surface area contributed by atoms with Gasteiger partial charge in [0.05, 0.1) is 6.61 Å². The maximum atomic E-state index is 12.5. The number of hydrogen-bond acceptors (Lipinski definition) is 2. The van der Waals surface area contributed by atoms with Crippen molar-refractivity contribution in [2.75, 3.05) is 11.9 Å². The summed E-state index contributed by atoms with van der Waals surface area (Å²) in [4.78, 5) is 12.5. The zero-order chi connectivity index (χ0) is 15.9. The molecule has 0 aliphatic carbocycles. The molecule has 3 heteroatoms. The predicted octanol–water partition coefficient (Wildman–Crippen LogP) is 4.85. The first kappa shape index (κ1) is 16.1. The van der Waals surface area contributed by atoms with Crippen LogP contribution in [0.1, 0.15) is 49.0 Å². The van der Waals surface area contributed by atoms with Crippen molar-refractivity contribution in [2.45, 2.75) is 33.1 Å². The van der Waals surface area contributed by atoms with Gasteiger partial charge >= 0.3 is 0 Å². The third-order valence-corrected chi connectivity index (χ3v) is 3.76. The van der Waals surface area contributed by atoms with E-state index in [1.165, 1.54) is 5.56 Å². The van der Waals surface area contributed by atoms with E-state index in [2.05, 4.69) is 25.2 Å². The first-order valence-electron chi connectivity index (χ1n) is 7.78. The summed E-state index contributed by atoms with van der Waals surface area (Å²) in [6.45, 7) is 6.83. The lowest BCUT2D eigenvalue weighted by Crippen LogP contribution is -2.14. The molecule has 0 aliphatic heterocycles. The molecule has 0 aromatic heterocycles. The van der Waals surface area contributed by atoms with Crippen LogP contribution < -0.4 is 10.1 Å². The molecule has 0 bridgehead atoms. The first-order valence-corrected chi connectivity index (χ1v) is 7.78. The quantitative estimate of drug-likeness (QED) is 0.827. The monoisotopic (exact) mass is 297 g/mol. The van der Waals surface area contributed by atoms with Crippen LogP contribution in [-0.4, -0.2) is 12.5 Å². The van der Waals surface area contributed by atoms with E-state index in [0.717, 1.165) is 12.1 Å². The Morgan fingerprint density at radius 3 is 2.64 bits per heavy atom. The second kappa shape index (κ2) is 7.64. The van der Waals surface area contributed by atoms with E-state index in [1.54, 1.807) is 12.1 Å². The molecule has 0 heterocycles. The minimum Gasteiger partial charge on any atom is -0.494 e. The molecule has 3 nitrogen and oxygen atoms in total. The molecule has 2 rings (SSSR count). The summed E-state index contributed by atoms with van der Waals surface area (Å²) in [5, 5.41) is 3.02. The van der Waals surface area contributed by atoms with Crippen LogP contribution in [0.25, 0.3) is 0 Å². The minimum atomic E-state index is -0.114. The number of ether oxygens (including phenoxy) is 1. The van der Waals surface area contributed by atoms with E-state index < -0.39 is 0 Å². The van der Waals surface area contributed by atoms with Gasteiger partial charge in [-0.1, -0.05) is 38.1 Å². The molecular weight excluding hydrogens is 274 g/mol. The Labute approximate surface area is 132 Å². The zero-order valence-corrected chi connectivity index (χ0v) is 13.4. The molecule has 0 aliphatic rings. The van der Waals surface area contributed by atoms with Gasteiger partial charge in [-0.2, -0.15) is 0 Å². The van der Waals surface area contributed by atoms with E-state index in [0.29, 0.717) is 23.8 Å². The van der Waals surface area contributed by atoms with Gasteiger partial charge in [-0.3, -0.25) is 4.79 Å². The van der Waals surface area contributed by atoms with Crippen molar-refractivity contribution < 1.29 is 9.53 Å². The lowest BCUT2D eigenvalue weighted by molar-refractivity contribution is 0.102. The largest absolute Gasteiger partial charge is 0.494 e. The molecule has 1 atom stereocenters. The molecule has 1 N–H and O–H groups in total. The normalized spacial score (nSPS) is 11.8. The highest BCUT2D eigenvalue weighted by Gasteiger charge is 2.12. The van der Waals surface area contributed by atoms with Crippen molar-refractivity contribution in [1.29, 1.82) is 0 Å². The van der Waals surface area contributed by atoms with Crippen LogP contribution in [0.3, 0.4) is 0 Å². The van der Waals surface area contributed by atoms with Crippen molar-refractivity contribution in [1.82, 2.24) is 0 Å². The van der Waals surface area contributed by atoms with Gasteiger partial charge in [0.25, 0.3) is 5.91 Å². The highest BCUT2D eigenvalue weighted by molar-refractivity contribution is 6.04. The van der Waals surface area contributed by atoms with Crippen LogP contribution >= 0.6 is 0 Å². The number of rotatable bonds is 6. The molecule has 22 heavy (non-hydrogen) atoms. The standard InChI is InChI=1S/C19H23NO2/c1-4-14(3)17-11-6-7-12-18(17)20-19(21)15-9-8-10-16(13-15)22-5-2/h6-14H,4-5H2,1-3H3,(H,20,21)/t14-/m0/s1. The molecular formula is C19H23NO2. The van der Waals surface area contributed by atoms with E-state index in [9.17, 15) is 4.79 Å². The van der Waals surface area contributed by atoms with Gasteiger partial charge in [-0.05, 0) is 49.1 Å². The molecule has 0 fully saturated rings. The number of carbonyl (C=O) groups is 1. The maximum absolute atomic E-state index is 12.5. The first-order chi connectivity index (χ1) is 10.7. The fourth-order valence-electron chi connectivity index (χ4n) is 2.35. The Hall–Kier alpha value is -2.29. The summed E-state index contributed by atoms with van der Waals surface area (Å²) in [5.41, 5.74) is 2.65. The summed E-state index contributed by atoms with van der Waals surface area (Å²) in [5.74, 6) is 1.01. The van der Waals surface area contributed by atoms with Gasteiger partial charge in [-0.25, -0.2) is 0 Å². The Balaban J connectivity index is 2.20. The molecule has 116 valence electrons. The number of anilines is 1. The van der Waals surface area contributed by atoms with Crippen LogP contribution in [0.2, 0.25) is 0 Å². The fourth-order valence-corrected chi connectivity index (χ4v) is 2.35. The molecule has 2 aromatic rings. The number of benzene rings is 2. The minimum absolute atomic E-state index is 0.114. The molecule has 0 radical (unpaired) electrons. The summed E-state index contributed by atoms with van der Waals surface area (Å²) < 4.78 is 5.45. The summed E-state index contributed by atoms with van der Waals surface area (Å²) in [6.07, 6.45) is 1.03. The maximum Gasteiger partial charge on any atom is 0.255 e. The van der Waals surface area contributed by atoms with Crippen molar-refractivity contribution in [2.24, 2.45) is 0 Å². The second-order valence-electron chi connectivity index (χ2n) is 5.31. The van der Waals surface area contributed by atoms with Gasteiger partial charge in [0.1, 0.15) is 5.75 Å². The van der Waals surface area contributed by atoms with Crippen LogP contribution in [0.4, 0.5) is 5.69 Å². The molecule has 1 amide bonds. The van der Waals surface area contributed by atoms with Gasteiger partial charge < -0.3 is 10.1 Å². The van der Waals surface area contributed by atoms with Crippen molar-refractivity contribution in [3.05, 3.63) is 59.7 Å². The number of nitrogens with one attached hydrogen (secondary N) is 1. The fraction of sp³-hybridized carbons (Fsp3) is 0.316. The van der Waals surface area contributed by atoms with Gasteiger partial charge in [0.2, 0.25) is 0 Å². The van der Waals surface area contributed by atoms with Gasteiger partial charge in [0.15, 0.2) is 0 Å². The number of carbonyl (C=O) groups excluding carboxylic acids is 1. The van der Waals surface area contributed by atoms with Gasteiger partial charge in [-0.15, -0.1) is 0 Å². The summed E-state index contributed by atoms with van der Waals surface area (Å²) in [6, 6.07) is 15.2. The SMILES string of the molecule is CCOc1cccc(C(=O)Nc2ccccc2[C@@H](C)CC)c1. The van der Waals surface area contributed by atoms with E-state index in [-0.39, 0.29) is 5.91 Å². The third kappa shape index (κ3) is 3.88. The highest BCUT2D eigenvalue weighted by atomic mass is 16.5. The smallest absolute Gasteiger partial charge is 0.255 e. The Morgan fingerprint density at radius 1 is 1.14 bits per heavy atom. The summed E-state index contributed by atoms with van der Waals surface area (Å²) in [7, 11) is 0. The second-order valence-corrected chi connectivity index (χ2v) is 5.31. The summed E-state index contributed by atoms with van der Waals surface area (Å²) >= 11 is 0. The van der Waals surface area contributed by atoms with Crippen LogP contribution in [0.15, 0.2) is 48.5 Å². The van der Waals surface area contributed by atoms with E-state index in [1.807, 2.05) is 37.3 Å². The van der Waals surface area contributed by atoms with E-state index in [4.69, 9.17) is 4.74 Å². The Kier molecular flexibility index (Phi) is 5.59. The third-order valence-electron chi connectivity index (χ3n) is 3.76. The molecule has 0 saturated heterocycles. The average molecular weight is 297 g/mol. The average Bonchev–Trinajstić information content (AvgIpc) is 2.55. The lowest BCUT2D eigenvalue weighted by Gasteiger charge is -2.15. The van der Waals surface area contributed by atoms with Crippen LogP contribution in [0.5, 0.6) is 5.75 Å². The van der Waals surface area contributed by atoms with Crippen molar-refractivity contribution in [3.63, 3.8) is 0 Å². The molecule has 0 unspecified atom stereocenters.